The molecule has 0 spiro atoms. The lowest BCUT2D eigenvalue weighted by atomic mass is 9.46. The highest BCUT2D eigenvalue weighted by molar-refractivity contribution is 6.46. The summed E-state index contributed by atoms with van der Waals surface area (Å²) in [5.41, 5.74) is 1.83. The molecule has 0 heterocycles. The highest BCUT2D eigenvalue weighted by atomic mass is 16.4. The molecule has 0 amide bonds. The minimum Gasteiger partial charge on any atom is -0.411 e. The number of nitrogens with zero attached hydrogens (tertiary/aromatic N) is 1. The largest absolute Gasteiger partial charge is 0.411 e. The smallest absolute Gasteiger partial charge is 0.206 e. The fourth-order valence-electron chi connectivity index (χ4n) is 7.26. The van der Waals surface area contributed by atoms with Crippen LogP contribution in [0.25, 0.3) is 0 Å². The van der Waals surface area contributed by atoms with Crippen molar-refractivity contribution in [1.82, 2.24) is 0 Å². The number of rotatable bonds is 0. The maximum absolute atomic E-state index is 12.5. The minimum absolute atomic E-state index is 0.0131. The fourth-order valence-corrected chi connectivity index (χ4v) is 7.26. The van der Waals surface area contributed by atoms with Crippen LogP contribution in [0.5, 0.6) is 0 Å². The second-order valence-corrected chi connectivity index (χ2v) is 9.76. The van der Waals surface area contributed by atoms with Gasteiger partial charge in [-0.25, -0.2) is 0 Å². The maximum atomic E-state index is 12.5. The van der Waals surface area contributed by atoms with Gasteiger partial charge < -0.3 is 10.3 Å². The highest BCUT2D eigenvalue weighted by Gasteiger charge is 2.63. The second-order valence-electron chi connectivity index (χ2n) is 9.76. The Kier molecular flexibility index (Phi) is 3.58. The first-order chi connectivity index (χ1) is 11.7. The van der Waals surface area contributed by atoms with Crippen molar-refractivity contribution in [2.75, 3.05) is 0 Å². The molecule has 0 aromatic carbocycles. The van der Waals surface area contributed by atoms with Gasteiger partial charge in [-0.3, -0.25) is 4.79 Å². The molecule has 3 fully saturated rings. The molecule has 2 N–H and O–H groups in total. The topological polar surface area (TPSA) is 69.9 Å². The van der Waals surface area contributed by atoms with E-state index in [1.165, 1.54) is 5.57 Å². The zero-order valence-corrected chi connectivity index (χ0v) is 15.9. The number of hydrogen-bond acceptors (Lipinski definition) is 4. The second kappa shape index (κ2) is 5.18. The highest BCUT2D eigenvalue weighted by Crippen LogP contribution is 2.67. The first-order valence-corrected chi connectivity index (χ1v) is 9.84. The molecule has 0 radical (unpaired) electrons. The van der Waals surface area contributed by atoms with Gasteiger partial charge >= 0.3 is 0 Å². The predicted molar refractivity (Wildman–Crippen MR) is 96.6 cm³/mol. The third-order valence-corrected chi connectivity index (χ3v) is 8.95. The minimum atomic E-state index is -0.560. The molecule has 4 heteroatoms. The van der Waals surface area contributed by atoms with Gasteiger partial charge in [0.15, 0.2) is 0 Å². The van der Waals surface area contributed by atoms with Crippen LogP contribution in [0.4, 0.5) is 0 Å². The van der Waals surface area contributed by atoms with Crippen LogP contribution in [-0.2, 0) is 4.79 Å². The van der Waals surface area contributed by atoms with E-state index in [-0.39, 0.29) is 16.6 Å². The molecule has 25 heavy (non-hydrogen) atoms. The van der Waals surface area contributed by atoms with Crippen molar-refractivity contribution < 1.29 is 15.1 Å². The lowest BCUT2D eigenvalue weighted by molar-refractivity contribution is -0.118. The molecule has 4 nitrogen and oxygen atoms in total. The summed E-state index contributed by atoms with van der Waals surface area (Å²) in [5, 5.41) is 23.7. The van der Waals surface area contributed by atoms with Crippen molar-refractivity contribution in [1.29, 1.82) is 0 Å². The van der Waals surface area contributed by atoms with Gasteiger partial charge in [0, 0.05) is 6.42 Å². The molecular formula is C21H31NO3. The van der Waals surface area contributed by atoms with E-state index in [0.29, 0.717) is 29.9 Å². The first kappa shape index (κ1) is 17.3. The molecule has 0 aromatic rings. The van der Waals surface area contributed by atoms with Crippen LogP contribution in [0.3, 0.4) is 0 Å². The van der Waals surface area contributed by atoms with Gasteiger partial charge in [0.1, 0.15) is 5.71 Å². The molecule has 3 saturated carbocycles. The van der Waals surface area contributed by atoms with E-state index in [2.05, 4.69) is 19.0 Å². The van der Waals surface area contributed by atoms with E-state index in [1.807, 2.05) is 13.8 Å². The number of hydrogen-bond donors (Lipinski definition) is 2. The van der Waals surface area contributed by atoms with Crippen molar-refractivity contribution in [3.8, 4) is 0 Å². The maximum Gasteiger partial charge on any atom is 0.206 e. The van der Waals surface area contributed by atoms with Crippen molar-refractivity contribution in [2.45, 2.75) is 78.2 Å². The van der Waals surface area contributed by atoms with E-state index in [0.717, 1.165) is 44.1 Å². The van der Waals surface area contributed by atoms with Gasteiger partial charge in [-0.15, -0.1) is 0 Å². The third kappa shape index (κ3) is 2.03. The Hall–Kier alpha value is -1.16. The fraction of sp³-hybridized carbons (Fsp3) is 0.810. The SMILES string of the molecule is CC1=C2CC[C@@H]3[C@H](CC[C@@]4(C)[C@H]3CC[C@]4(C)O)[C@@]2(C)C/C(=N/O)C1=O. The zero-order valence-electron chi connectivity index (χ0n) is 15.9. The number of carbonyl (C=O) groups is 1. The van der Waals surface area contributed by atoms with Crippen LogP contribution in [0.15, 0.2) is 16.3 Å². The molecule has 0 aliphatic heterocycles. The number of fused-ring (bicyclic) bond motifs is 5. The molecular weight excluding hydrogens is 314 g/mol. The van der Waals surface area contributed by atoms with Crippen molar-refractivity contribution in [2.24, 2.45) is 33.7 Å². The number of Topliss-reactive ketones (excluding diaryl/α,β-unsaturated/α-hetero) is 1. The summed E-state index contributed by atoms with van der Waals surface area (Å²) in [5.74, 6) is 1.61. The Morgan fingerprint density at radius 2 is 1.76 bits per heavy atom. The number of ketones is 1. The van der Waals surface area contributed by atoms with E-state index < -0.39 is 5.60 Å². The predicted octanol–water partition coefficient (Wildman–Crippen LogP) is 4.10. The summed E-state index contributed by atoms with van der Waals surface area (Å²) >= 11 is 0. The normalized spacial score (nSPS) is 51.3. The van der Waals surface area contributed by atoms with Gasteiger partial charge in [0.05, 0.1) is 5.60 Å². The number of carbonyl (C=O) groups excluding carboxylic acids is 1. The summed E-state index contributed by atoms with van der Waals surface area (Å²) in [6.07, 6.45) is 6.82. The van der Waals surface area contributed by atoms with Gasteiger partial charge in [-0.1, -0.05) is 24.6 Å². The van der Waals surface area contributed by atoms with E-state index in [1.54, 1.807) is 0 Å². The lowest BCUT2D eigenvalue weighted by Gasteiger charge is -2.59. The molecule has 6 atom stereocenters. The third-order valence-electron chi connectivity index (χ3n) is 8.95. The number of aliphatic hydroxyl groups is 1. The Labute approximate surface area is 150 Å². The van der Waals surface area contributed by atoms with Gasteiger partial charge in [0.2, 0.25) is 5.78 Å². The van der Waals surface area contributed by atoms with Crippen molar-refractivity contribution in [3.63, 3.8) is 0 Å². The molecule has 0 unspecified atom stereocenters. The molecule has 0 aromatic heterocycles. The standard InChI is InChI=1S/C21H31NO3/c1-12-14-6-5-13-15(19(14,2)11-17(22-25)18(12)23)7-9-20(3)16(13)8-10-21(20,4)24/h13,15-16,24-25H,5-11H2,1-4H3/b22-17-/t13-,15+,16+,19+,20+,21+/m1/s1. The monoisotopic (exact) mass is 345 g/mol. The van der Waals surface area contributed by atoms with Crippen LogP contribution in [-0.4, -0.2) is 27.4 Å². The van der Waals surface area contributed by atoms with Crippen LogP contribution in [0.1, 0.15) is 72.6 Å². The molecule has 4 rings (SSSR count). The summed E-state index contributed by atoms with van der Waals surface area (Å²) in [4.78, 5) is 12.5. The average Bonchev–Trinajstić information content (AvgIpc) is 2.81. The summed E-state index contributed by atoms with van der Waals surface area (Å²) in [6, 6.07) is 0. The molecule has 0 saturated heterocycles. The number of allylic oxidation sites excluding steroid dienone is 1. The van der Waals surface area contributed by atoms with Gasteiger partial charge in [0.25, 0.3) is 0 Å². The summed E-state index contributed by atoms with van der Waals surface area (Å²) in [7, 11) is 0. The van der Waals surface area contributed by atoms with E-state index >= 15 is 0 Å². The van der Waals surface area contributed by atoms with E-state index in [9.17, 15) is 15.1 Å². The van der Waals surface area contributed by atoms with Crippen LogP contribution in [0.2, 0.25) is 0 Å². The zero-order chi connectivity index (χ0) is 18.2. The van der Waals surface area contributed by atoms with Crippen LogP contribution in [0, 0.1) is 28.6 Å². The summed E-state index contributed by atoms with van der Waals surface area (Å²) in [6.45, 7) is 8.53. The molecule has 138 valence electrons. The molecule has 4 aliphatic carbocycles. The van der Waals surface area contributed by atoms with Crippen molar-refractivity contribution in [3.05, 3.63) is 11.1 Å². The average molecular weight is 345 g/mol. The van der Waals surface area contributed by atoms with Crippen molar-refractivity contribution >= 4 is 11.5 Å². The Bertz CT molecular complexity index is 691. The lowest BCUT2D eigenvalue weighted by Crippen LogP contribution is -2.55. The quantitative estimate of drug-likeness (QED) is 0.513. The Morgan fingerprint density at radius 3 is 2.44 bits per heavy atom. The van der Waals surface area contributed by atoms with Gasteiger partial charge in [-0.05, 0) is 86.5 Å². The van der Waals surface area contributed by atoms with Gasteiger partial charge in [-0.2, -0.15) is 0 Å². The van der Waals surface area contributed by atoms with Crippen LogP contribution >= 0.6 is 0 Å². The van der Waals surface area contributed by atoms with E-state index in [4.69, 9.17) is 0 Å². The molecule has 0 bridgehead atoms. The first-order valence-electron chi connectivity index (χ1n) is 9.84. The van der Waals surface area contributed by atoms with Crippen LogP contribution < -0.4 is 0 Å². The molecule has 4 aliphatic rings. The summed E-state index contributed by atoms with van der Waals surface area (Å²) < 4.78 is 0. The Morgan fingerprint density at radius 1 is 1.08 bits per heavy atom. The Balaban J connectivity index is 1.75. The number of oxime groups is 1.